The predicted octanol–water partition coefficient (Wildman–Crippen LogP) is 3.98. The lowest BCUT2D eigenvalue weighted by Crippen LogP contribution is -2.55. The van der Waals surface area contributed by atoms with Crippen LogP contribution in [0.25, 0.3) is 11.0 Å². The van der Waals surface area contributed by atoms with Gasteiger partial charge in [0, 0.05) is 17.0 Å². The second kappa shape index (κ2) is 7.20. The van der Waals surface area contributed by atoms with Crippen molar-refractivity contribution in [3.05, 3.63) is 74.6 Å². The fraction of sp³-hybridized carbons (Fsp3) is 0.333. The highest BCUT2D eigenvalue weighted by Gasteiger charge is 2.73. The number of amides is 2. The number of hydrogen-bond donors (Lipinski definition) is 2. The van der Waals surface area contributed by atoms with E-state index in [1.165, 1.54) is 12.1 Å². The lowest BCUT2D eigenvalue weighted by Gasteiger charge is -2.39. The minimum Gasteiger partial charge on any atom is -0.272 e. The van der Waals surface area contributed by atoms with Gasteiger partial charge in [-0.15, -0.1) is 0 Å². The fourth-order valence-electron chi connectivity index (χ4n) is 5.64. The average molecular weight is 480 g/mol. The molecule has 10 heteroatoms. The molecule has 0 radical (unpaired) electrons. The minimum atomic E-state index is -0.993. The molecule has 2 atom stereocenters. The standard InChI is InChI=1S/C24H22ClN5O4/c1-22(2)23(3)10-11-24(22,19-18(23)26-15-6-4-5-7-16(15)27-19)21(32)29-28-20(31)13-8-9-14(25)17(12-13)30(33)34/h4-9,12H,10-11H2,1-3H3,(H,28,31)(H,29,32). The van der Waals surface area contributed by atoms with Crippen molar-refractivity contribution in [2.24, 2.45) is 5.41 Å². The third kappa shape index (κ3) is 2.73. The number of carbonyl (C=O) groups excluding carboxylic acids is 2. The lowest BCUT2D eigenvalue weighted by molar-refractivity contribution is -0.384. The van der Waals surface area contributed by atoms with E-state index in [4.69, 9.17) is 21.6 Å². The van der Waals surface area contributed by atoms with E-state index in [-0.39, 0.29) is 27.6 Å². The van der Waals surface area contributed by atoms with Gasteiger partial charge in [-0.1, -0.05) is 44.5 Å². The van der Waals surface area contributed by atoms with Crippen LogP contribution in [0.1, 0.15) is 55.4 Å². The van der Waals surface area contributed by atoms with Gasteiger partial charge in [0.15, 0.2) is 0 Å². The van der Waals surface area contributed by atoms with E-state index < -0.39 is 21.7 Å². The Morgan fingerprint density at radius 3 is 2.29 bits per heavy atom. The number of para-hydroxylation sites is 2. The Labute approximate surface area is 200 Å². The summed E-state index contributed by atoms with van der Waals surface area (Å²) < 4.78 is 0. The second-order valence-corrected chi connectivity index (χ2v) is 10.0. The summed E-state index contributed by atoms with van der Waals surface area (Å²) in [6.45, 7) is 6.19. The summed E-state index contributed by atoms with van der Waals surface area (Å²) in [6, 6.07) is 11.3. The number of benzene rings is 2. The van der Waals surface area contributed by atoms with Gasteiger partial charge in [0.2, 0.25) is 0 Å². The van der Waals surface area contributed by atoms with Crippen LogP contribution in [0, 0.1) is 15.5 Å². The zero-order chi connectivity index (χ0) is 24.5. The van der Waals surface area contributed by atoms with Crippen molar-refractivity contribution in [1.82, 2.24) is 20.8 Å². The first kappa shape index (κ1) is 22.2. The third-order valence-corrected chi connectivity index (χ3v) is 8.35. The Morgan fingerprint density at radius 1 is 1.00 bits per heavy atom. The molecule has 1 heterocycles. The first-order valence-electron chi connectivity index (χ1n) is 10.9. The van der Waals surface area contributed by atoms with Crippen LogP contribution in [0.4, 0.5) is 5.69 Å². The maximum absolute atomic E-state index is 13.7. The van der Waals surface area contributed by atoms with Crippen molar-refractivity contribution in [1.29, 1.82) is 0 Å². The van der Waals surface area contributed by atoms with Crippen LogP contribution in [-0.4, -0.2) is 26.7 Å². The van der Waals surface area contributed by atoms with E-state index in [1.54, 1.807) is 0 Å². The van der Waals surface area contributed by atoms with E-state index in [1.807, 2.05) is 38.1 Å². The zero-order valence-corrected chi connectivity index (χ0v) is 19.6. The Kier molecular flexibility index (Phi) is 4.71. The smallest absolute Gasteiger partial charge is 0.272 e. The third-order valence-electron chi connectivity index (χ3n) is 8.03. The van der Waals surface area contributed by atoms with Crippen molar-refractivity contribution in [2.75, 3.05) is 0 Å². The number of nitrogens with zero attached hydrogens (tertiary/aromatic N) is 3. The molecule has 2 aliphatic carbocycles. The number of aromatic nitrogens is 2. The molecule has 0 spiro atoms. The van der Waals surface area contributed by atoms with Crippen molar-refractivity contribution in [2.45, 2.75) is 44.4 Å². The summed E-state index contributed by atoms with van der Waals surface area (Å²) in [5.41, 5.74) is 5.64. The van der Waals surface area contributed by atoms with Gasteiger partial charge in [0.05, 0.1) is 27.3 Å². The fourth-order valence-corrected chi connectivity index (χ4v) is 5.82. The van der Waals surface area contributed by atoms with Crippen LogP contribution in [0.2, 0.25) is 5.02 Å². The maximum atomic E-state index is 13.7. The van der Waals surface area contributed by atoms with Crippen molar-refractivity contribution >= 4 is 40.1 Å². The number of rotatable bonds is 3. The molecular formula is C24H22ClN5O4. The number of halogens is 1. The molecule has 2 unspecified atom stereocenters. The zero-order valence-electron chi connectivity index (χ0n) is 18.8. The molecule has 1 aromatic heterocycles. The molecule has 0 saturated heterocycles. The Hall–Kier alpha value is -3.59. The Morgan fingerprint density at radius 2 is 1.65 bits per heavy atom. The number of nitro groups is 1. The summed E-state index contributed by atoms with van der Waals surface area (Å²) in [5.74, 6) is -1.08. The number of hydrazine groups is 1. The van der Waals surface area contributed by atoms with E-state index in [0.717, 1.165) is 23.7 Å². The van der Waals surface area contributed by atoms with Crippen LogP contribution in [0.3, 0.4) is 0 Å². The number of fused-ring (bicyclic) bond motifs is 6. The molecule has 34 heavy (non-hydrogen) atoms. The molecule has 2 bridgehead atoms. The van der Waals surface area contributed by atoms with Gasteiger partial charge in [-0.25, -0.2) is 9.97 Å². The topological polar surface area (TPSA) is 127 Å². The van der Waals surface area contributed by atoms with Crippen LogP contribution in [-0.2, 0) is 15.6 Å². The molecule has 2 aliphatic rings. The van der Waals surface area contributed by atoms with Crippen molar-refractivity contribution < 1.29 is 14.5 Å². The molecular weight excluding hydrogens is 458 g/mol. The quantitative estimate of drug-likeness (QED) is 0.432. The summed E-state index contributed by atoms with van der Waals surface area (Å²) in [7, 11) is 0. The molecule has 2 amide bonds. The van der Waals surface area contributed by atoms with Gasteiger partial charge in [-0.05, 0) is 42.5 Å². The number of nitro benzene ring substituents is 1. The van der Waals surface area contributed by atoms with E-state index >= 15 is 0 Å². The molecule has 2 N–H and O–H groups in total. The van der Waals surface area contributed by atoms with Crippen LogP contribution >= 0.6 is 11.6 Å². The first-order valence-corrected chi connectivity index (χ1v) is 11.2. The summed E-state index contributed by atoms with van der Waals surface area (Å²) in [6.07, 6.45) is 1.31. The largest absolute Gasteiger partial charge is 0.288 e. The highest BCUT2D eigenvalue weighted by molar-refractivity contribution is 6.32. The second-order valence-electron chi connectivity index (χ2n) is 9.60. The van der Waals surface area contributed by atoms with Crippen LogP contribution in [0.15, 0.2) is 42.5 Å². The van der Waals surface area contributed by atoms with E-state index in [9.17, 15) is 19.7 Å². The number of carbonyl (C=O) groups is 2. The molecule has 1 saturated carbocycles. The highest BCUT2D eigenvalue weighted by Crippen LogP contribution is 2.70. The van der Waals surface area contributed by atoms with Gasteiger partial charge < -0.3 is 0 Å². The number of hydrogen-bond acceptors (Lipinski definition) is 6. The molecule has 5 rings (SSSR count). The molecule has 1 fully saturated rings. The SMILES string of the molecule is CC12CCC(C(=O)NNC(=O)c3ccc(Cl)c([N+](=O)[O-])c3)(c3nc4ccccc4nc31)C2(C)C. The molecule has 3 aromatic rings. The van der Waals surface area contributed by atoms with E-state index in [2.05, 4.69) is 17.8 Å². The number of nitrogens with one attached hydrogen (secondary N) is 2. The maximum Gasteiger partial charge on any atom is 0.288 e. The van der Waals surface area contributed by atoms with Crippen LogP contribution in [0.5, 0.6) is 0 Å². The summed E-state index contributed by atoms with van der Waals surface area (Å²) in [4.78, 5) is 46.7. The van der Waals surface area contributed by atoms with Gasteiger partial charge in [0.25, 0.3) is 17.5 Å². The van der Waals surface area contributed by atoms with Crippen molar-refractivity contribution in [3.8, 4) is 0 Å². The van der Waals surface area contributed by atoms with E-state index in [0.29, 0.717) is 17.6 Å². The van der Waals surface area contributed by atoms with Crippen molar-refractivity contribution in [3.63, 3.8) is 0 Å². The van der Waals surface area contributed by atoms with Gasteiger partial charge in [-0.3, -0.25) is 30.6 Å². The minimum absolute atomic E-state index is 0.00188. The molecule has 2 aromatic carbocycles. The summed E-state index contributed by atoms with van der Waals surface area (Å²) >= 11 is 5.83. The predicted molar refractivity (Wildman–Crippen MR) is 125 cm³/mol. The lowest BCUT2D eigenvalue weighted by atomic mass is 9.63. The monoisotopic (exact) mass is 479 g/mol. The Bertz CT molecular complexity index is 1410. The molecule has 174 valence electrons. The first-order chi connectivity index (χ1) is 16.0. The van der Waals surface area contributed by atoms with Gasteiger partial charge in [0.1, 0.15) is 10.4 Å². The van der Waals surface area contributed by atoms with Crippen LogP contribution < -0.4 is 10.9 Å². The van der Waals surface area contributed by atoms with Gasteiger partial charge >= 0.3 is 0 Å². The highest BCUT2D eigenvalue weighted by atomic mass is 35.5. The summed E-state index contributed by atoms with van der Waals surface area (Å²) in [5, 5.41) is 11.1. The van der Waals surface area contributed by atoms with Gasteiger partial charge in [-0.2, -0.15) is 0 Å². The normalized spacial score (nSPS) is 24.0. The molecule has 9 nitrogen and oxygen atoms in total. The molecule has 0 aliphatic heterocycles. The average Bonchev–Trinajstić information content (AvgIpc) is 3.11. The Balaban J connectivity index is 1.49.